The van der Waals surface area contributed by atoms with Gasteiger partial charge >= 0.3 is 21.2 Å². The van der Waals surface area contributed by atoms with E-state index in [1.807, 2.05) is 13.8 Å². The lowest BCUT2D eigenvalue weighted by Gasteiger charge is -2.37. The SMILES string of the molecule is CC(C)(C)[I+]c1ccccc1.CC1(C)C2CCC1(CS(=O)(=O)[O-])C(=O)C2. The Labute approximate surface area is 168 Å². The van der Waals surface area contributed by atoms with Crippen LogP contribution in [-0.4, -0.2) is 27.9 Å². The molecule has 0 aliphatic heterocycles. The summed E-state index contributed by atoms with van der Waals surface area (Å²) >= 11 is 0.184. The molecule has 4 nitrogen and oxygen atoms in total. The fourth-order valence-electron chi connectivity index (χ4n) is 4.21. The number of halogens is 1. The maximum absolute atomic E-state index is 11.8. The summed E-state index contributed by atoms with van der Waals surface area (Å²) in [6.07, 6.45) is 1.88. The Balaban J connectivity index is 0.000000197. The van der Waals surface area contributed by atoms with Crippen LogP contribution in [0.3, 0.4) is 0 Å². The molecule has 2 saturated carbocycles. The minimum absolute atomic E-state index is 0.0248. The van der Waals surface area contributed by atoms with Crippen LogP contribution < -0.4 is 21.2 Å². The van der Waals surface area contributed by atoms with E-state index in [0.29, 0.717) is 16.3 Å². The molecule has 2 fully saturated rings. The molecule has 1 aromatic carbocycles. The van der Waals surface area contributed by atoms with Crippen LogP contribution in [0.5, 0.6) is 0 Å². The summed E-state index contributed by atoms with van der Waals surface area (Å²) < 4.78 is 34.7. The molecule has 2 aliphatic carbocycles. The number of hydrogen-bond acceptors (Lipinski definition) is 4. The van der Waals surface area contributed by atoms with Crippen molar-refractivity contribution in [2.45, 2.75) is 57.3 Å². The molecule has 0 aromatic heterocycles. The van der Waals surface area contributed by atoms with Gasteiger partial charge in [-0.1, -0.05) is 32.0 Å². The second-order valence-electron chi connectivity index (χ2n) is 8.83. The largest absolute Gasteiger partial charge is 0.748 e. The van der Waals surface area contributed by atoms with Crippen molar-refractivity contribution in [3.05, 3.63) is 33.9 Å². The predicted molar refractivity (Wildman–Crippen MR) is 98.0 cm³/mol. The van der Waals surface area contributed by atoms with Crippen LogP contribution in [0.15, 0.2) is 30.3 Å². The van der Waals surface area contributed by atoms with E-state index in [1.165, 1.54) is 0 Å². The number of hydrogen-bond donors (Lipinski definition) is 0. The lowest BCUT2D eigenvalue weighted by molar-refractivity contribution is -0.691. The summed E-state index contributed by atoms with van der Waals surface area (Å²) in [7, 11) is -4.33. The van der Waals surface area contributed by atoms with E-state index in [2.05, 4.69) is 51.1 Å². The highest BCUT2D eigenvalue weighted by Gasteiger charge is 2.64. The fraction of sp³-hybridized carbons (Fsp3) is 0.650. The number of carbonyl (C=O) groups is 1. The summed E-state index contributed by atoms with van der Waals surface area (Å²) in [5, 5.41) is 0. The first-order valence-electron chi connectivity index (χ1n) is 8.95. The molecule has 0 radical (unpaired) electrons. The molecule has 0 heterocycles. The lowest BCUT2D eigenvalue weighted by Crippen LogP contribution is -3.67. The lowest BCUT2D eigenvalue weighted by atomic mass is 9.70. The first-order valence-corrected chi connectivity index (χ1v) is 12.7. The van der Waals surface area contributed by atoms with Gasteiger partial charge in [-0.2, -0.15) is 0 Å². The van der Waals surface area contributed by atoms with Gasteiger partial charge in [0.05, 0.1) is 15.9 Å². The second-order valence-corrected chi connectivity index (χ2v) is 15.3. The first kappa shape index (κ1) is 21.8. The van der Waals surface area contributed by atoms with E-state index in [-0.39, 0.29) is 38.3 Å². The molecular formula is C20H29IO4S. The molecule has 2 bridgehead atoms. The Bertz CT molecular complexity index is 750. The Morgan fingerprint density at radius 2 is 1.77 bits per heavy atom. The summed E-state index contributed by atoms with van der Waals surface area (Å²) in [6, 6.07) is 10.8. The number of rotatable bonds is 3. The van der Waals surface area contributed by atoms with Gasteiger partial charge in [0, 0.05) is 11.8 Å². The van der Waals surface area contributed by atoms with E-state index < -0.39 is 21.3 Å². The number of fused-ring (bicyclic) bond motifs is 2. The van der Waals surface area contributed by atoms with Gasteiger partial charge in [0.25, 0.3) is 0 Å². The standard InChI is InChI=1S/C10H14I.C10H16O4S/c1-10(2,3)11-9-7-5-4-6-8-9;1-9(2)7-3-4-10(9,8(11)5-7)6-15(12,13)14/h4-8H,1-3H3;7H,3-6H2,1-2H3,(H,12,13,14)/q+1;/p-1. The maximum atomic E-state index is 11.8. The number of benzene rings is 1. The number of alkyl halides is 1. The number of carbonyl (C=O) groups excluding carboxylic acids is 1. The molecule has 146 valence electrons. The average Bonchev–Trinajstić information content (AvgIpc) is 2.79. The molecule has 2 atom stereocenters. The van der Waals surface area contributed by atoms with Gasteiger partial charge in [-0.05, 0) is 57.1 Å². The van der Waals surface area contributed by atoms with Gasteiger partial charge in [-0.15, -0.1) is 0 Å². The Morgan fingerprint density at radius 1 is 1.19 bits per heavy atom. The first-order chi connectivity index (χ1) is 11.8. The van der Waals surface area contributed by atoms with Gasteiger partial charge < -0.3 is 4.55 Å². The van der Waals surface area contributed by atoms with Crippen LogP contribution in [0, 0.1) is 20.3 Å². The summed E-state index contributed by atoms with van der Waals surface area (Å²) in [4.78, 5) is 11.8. The van der Waals surface area contributed by atoms with Crippen molar-refractivity contribution in [3.63, 3.8) is 0 Å². The zero-order valence-corrected chi connectivity index (χ0v) is 19.2. The second kappa shape index (κ2) is 7.51. The summed E-state index contributed by atoms with van der Waals surface area (Å²) in [5.74, 6) is -0.280. The van der Waals surface area contributed by atoms with Crippen molar-refractivity contribution in [2.75, 3.05) is 5.75 Å². The smallest absolute Gasteiger partial charge is 0.319 e. The number of ketones is 1. The molecule has 0 amide bonds. The topological polar surface area (TPSA) is 74.3 Å². The van der Waals surface area contributed by atoms with Gasteiger partial charge in [0.2, 0.25) is 0 Å². The quantitative estimate of drug-likeness (QED) is 0.353. The normalized spacial score (nSPS) is 27.2. The van der Waals surface area contributed by atoms with Crippen molar-refractivity contribution in [2.24, 2.45) is 16.7 Å². The molecule has 0 saturated heterocycles. The molecule has 0 spiro atoms. The highest BCUT2D eigenvalue weighted by atomic mass is 127. The Kier molecular flexibility index (Phi) is 6.30. The van der Waals surface area contributed by atoms with Gasteiger partial charge in [0.1, 0.15) is 5.78 Å². The van der Waals surface area contributed by atoms with Crippen LogP contribution >= 0.6 is 0 Å². The molecule has 0 N–H and O–H groups in total. The summed E-state index contributed by atoms with van der Waals surface area (Å²) in [5.41, 5.74) is -1.22. The fourth-order valence-corrected chi connectivity index (χ4v) is 8.14. The maximum Gasteiger partial charge on any atom is 0.319 e. The average molecular weight is 492 g/mol. The molecule has 2 aliphatic rings. The van der Waals surface area contributed by atoms with E-state index >= 15 is 0 Å². The molecule has 3 rings (SSSR count). The molecule has 26 heavy (non-hydrogen) atoms. The van der Waals surface area contributed by atoms with E-state index in [1.54, 1.807) is 3.57 Å². The van der Waals surface area contributed by atoms with E-state index in [0.717, 1.165) is 6.42 Å². The monoisotopic (exact) mass is 492 g/mol. The van der Waals surface area contributed by atoms with Crippen LogP contribution in [0.25, 0.3) is 0 Å². The van der Waals surface area contributed by atoms with Crippen LogP contribution in [0.2, 0.25) is 0 Å². The minimum Gasteiger partial charge on any atom is -0.748 e. The van der Waals surface area contributed by atoms with Crippen molar-refractivity contribution in [3.8, 4) is 0 Å². The third kappa shape index (κ3) is 4.87. The van der Waals surface area contributed by atoms with Crippen molar-refractivity contribution >= 4 is 15.9 Å². The molecular weight excluding hydrogens is 463 g/mol. The molecule has 6 heteroatoms. The third-order valence-electron chi connectivity index (χ3n) is 5.69. The predicted octanol–water partition coefficient (Wildman–Crippen LogP) is 0.671. The van der Waals surface area contributed by atoms with Gasteiger partial charge in [-0.3, -0.25) is 4.79 Å². The third-order valence-corrected chi connectivity index (χ3v) is 9.49. The van der Waals surface area contributed by atoms with Gasteiger partial charge in [0.15, 0.2) is 6.99 Å². The van der Waals surface area contributed by atoms with Crippen LogP contribution in [0.4, 0.5) is 0 Å². The van der Waals surface area contributed by atoms with E-state index in [9.17, 15) is 17.8 Å². The number of Topliss-reactive ketones (excluding diaryl/α,β-unsaturated/α-hetero) is 1. The van der Waals surface area contributed by atoms with E-state index in [4.69, 9.17) is 0 Å². The van der Waals surface area contributed by atoms with Crippen LogP contribution in [0.1, 0.15) is 53.9 Å². The zero-order valence-electron chi connectivity index (χ0n) is 16.2. The minimum atomic E-state index is -4.33. The highest BCUT2D eigenvalue weighted by molar-refractivity contribution is 7.85. The van der Waals surface area contributed by atoms with Crippen molar-refractivity contribution < 1.29 is 39.0 Å². The Hall–Kier alpha value is -0.470. The molecule has 1 aromatic rings. The molecule has 2 unspecified atom stereocenters. The highest BCUT2D eigenvalue weighted by Crippen LogP contribution is 2.64. The van der Waals surface area contributed by atoms with Crippen molar-refractivity contribution in [1.29, 1.82) is 0 Å². The van der Waals surface area contributed by atoms with Gasteiger partial charge in [-0.25, -0.2) is 8.42 Å². The van der Waals surface area contributed by atoms with Crippen molar-refractivity contribution in [1.82, 2.24) is 0 Å². The van der Waals surface area contributed by atoms with Crippen LogP contribution in [-0.2, 0) is 14.9 Å². The Morgan fingerprint density at radius 3 is 2.15 bits per heavy atom. The summed E-state index contributed by atoms with van der Waals surface area (Å²) in [6.45, 7) is 10.8. The zero-order chi connectivity index (χ0) is 19.8.